The van der Waals surface area contributed by atoms with Crippen LogP contribution < -0.4 is 5.32 Å². The number of carbonyl (C=O) groups is 2. The molecule has 0 fully saturated rings. The predicted molar refractivity (Wildman–Crippen MR) is 74.5 cm³/mol. The summed E-state index contributed by atoms with van der Waals surface area (Å²) in [6.45, 7) is 2.32. The lowest BCUT2D eigenvalue weighted by molar-refractivity contribution is -0.121. The number of rotatable bonds is 5. The molecule has 0 saturated heterocycles. The third-order valence-electron chi connectivity index (χ3n) is 2.41. The Kier molecular flexibility index (Phi) is 6.05. The number of nitrogens with one attached hydrogen (secondary N) is 1. The summed E-state index contributed by atoms with van der Waals surface area (Å²) < 4.78 is 0. The number of hydrogen-bond donors (Lipinski definition) is 1. The fraction of sp³-hybridized carbons (Fsp3) is 0.417. The van der Waals surface area contributed by atoms with Gasteiger partial charge >= 0.3 is 0 Å². The molecule has 0 radical (unpaired) electrons. The van der Waals surface area contributed by atoms with Gasteiger partial charge < -0.3 is 10.2 Å². The largest absolute Gasteiger partial charge is 0.358 e. The molecule has 0 aromatic carbocycles. The van der Waals surface area contributed by atoms with Crippen molar-refractivity contribution in [1.29, 1.82) is 0 Å². The Morgan fingerprint density at radius 3 is 2.63 bits per heavy atom. The highest BCUT2D eigenvalue weighted by Crippen LogP contribution is 2.18. The summed E-state index contributed by atoms with van der Waals surface area (Å²) in [6.07, 6.45) is 0.723. The van der Waals surface area contributed by atoms with Gasteiger partial charge in [0.1, 0.15) is 10.8 Å². The number of carbonyl (C=O) groups excluding carboxylic acids is 2. The third kappa shape index (κ3) is 4.36. The van der Waals surface area contributed by atoms with Gasteiger partial charge in [-0.1, -0.05) is 30.1 Å². The van der Waals surface area contributed by atoms with Crippen molar-refractivity contribution in [2.45, 2.75) is 13.3 Å². The van der Waals surface area contributed by atoms with Gasteiger partial charge in [-0.2, -0.15) is 0 Å². The van der Waals surface area contributed by atoms with E-state index in [2.05, 4.69) is 10.3 Å². The molecule has 0 unspecified atom stereocenters. The van der Waals surface area contributed by atoms with Gasteiger partial charge in [0.15, 0.2) is 0 Å². The summed E-state index contributed by atoms with van der Waals surface area (Å²) in [5, 5.41) is 2.87. The average Bonchev–Trinajstić information content (AvgIpc) is 2.40. The molecule has 0 bridgehead atoms. The molecule has 2 amide bonds. The Labute approximate surface area is 121 Å². The first-order valence-corrected chi connectivity index (χ1v) is 6.57. The first-order chi connectivity index (χ1) is 8.99. The highest BCUT2D eigenvalue weighted by Gasteiger charge is 2.21. The van der Waals surface area contributed by atoms with E-state index in [-0.39, 0.29) is 28.3 Å². The van der Waals surface area contributed by atoms with Gasteiger partial charge in [-0.3, -0.25) is 9.59 Å². The second-order valence-electron chi connectivity index (χ2n) is 3.86. The fourth-order valence-electron chi connectivity index (χ4n) is 1.49. The molecule has 1 rings (SSSR count). The van der Waals surface area contributed by atoms with Crippen LogP contribution in [0.25, 0.3) is 0 Å². The van der Waals surface area contributed by atoms with E-state index < -0.39 is 5.91 Å². The Balaban J connectivity index is 2.98. The molecular formula is C12H15Cl2N3O2. The lowest BCUT2D eigenvalue weighted by atomic mass is 10.3. The third-order valence-corrected chi connectivity index (χ3v) is 2.92. The summed E-state index contributed by atoms with van der Waals surface area (Å²) in [5.74, 6) is -0.655. The van der Waals surface area contributed by atoms with E-state index in [1.54, 1.807) is 0 Å². The summed E-state index contributed by atoms with van der Waals surface area (Å²) >= 11 is 11.7. The molecule has 1 N–H and O–H groups in total. The highest BCUT2D eigenvalue weighted by molar-refractivity contribution is 6.34. The highest BCUT2D eigenvalue weighted by atomic mass is 35.5. The maximum atomic E-state index is 12.3. The standard InChI is InChI=1S/C12H15Cl2N3O2/c1-3-6-17(7-10(18)15-2)12(19)11-8(13)4-5-9(14)16-11/h4-5H,3,6-7H2,1-2H3,(H,15,18). The molecule has 0 saturated carbocycles. The van der Waals surface area contributed by atoms with E-state index in [0.717, 1.165) is 6.42 Å². The normalized spacial score (nSPS) is 10.1. The van der Waals surface area contributed by atoms with Crippen LogP contribution in [0.5, 0.6) is 0 Å². The van der Waals surface area contributed by atoms with Crippen LogP contribution >= 0.6 is 23.2 Å². The van der Waals surface area contributed by atoms with Crippen molar-refractivity contribution in [3.63, 3.8) is 0 Å². The van der Waals surface area contributed by atoms with Crippen molar-refractivity contribution in [1.82, 2.24) is 15.2 Å². The smallest absolute Gasteiger partial charge is 0.274 e. The SMILES string of the molecule is CCCN(CC(=O)NC)C(=O)c1nc(Cl)ccc1Cl. The molecule has 0 aliphatic heterocycles. The Morgan fingerprint density at radius 1 is 1.37 bits per heavy atom. The zero-order valence-corrected chi connectivity index (χ0v) is 12.3. The number of likely N-dealkylation sites (N-methyl/N-ethyl adjacent to an activating group) is 1. The van der Waals surface area contributed by atoms with Crippen LogP contribution in [0.3, 0.4) is 0 Å². The van der Waals surface area contributed by atoms with E-state index >= 15 is 0 Å². The number of amides is 2. The van der Waals surface area contributed by atoms with Crippen molar-refractivity contribution < 1.29 is 9.59 Å². The molecule has 1 aromatic heterocycles. The second kappa shape index (κ2) is 7.31. The molecule has 19 heavy (non-hydrogen) atoms. The van der Waals surface area contributed by atoms with Crippen molar-refractivity contribution in [3.05, 3.63) is 28.0 Å². The Morgan fingerprint density at radius 2 is 2.05 bits per heavy atom. The van der Waals surface area contributed by atoms with E-state index in [1.807, 2.05) is 6.92 Å². The number of hydrogen-bond acceptors (Lipinski definition) is 3. The van der Waals surface area contributed by atoms with Gasteiger partial charge in [0.2, 0.25) is 5.91 Å². The van der Waals surface area contributed by atoms with Gasteiger partial charge in [0, 0.05) is 13.6 Å². The zero-order chi connectivity index (χ0) is 14.4. The van der Waals surface area contributed by atoms with Gasteiger partial charge in [0.25, 0.3) is 5.91 Å². The van der Waals surface area contributed by atoms with Gasteiger partial charge in [-0.05, 0) is 18.6 Å². The summed E-state index contributed by atoms with van der Waals surface area (Å²) in [6, 6.07) is 3.01. The molecule has 0 spiro atoms. The Hall–Kier alpha value is -1.33. The maximum absolute atomic E-state index is 12.3. The fourth-order valence-corrected chi connectivity index (χ4v) is 1.83. The van der Waals surface area contributed by atoms with Crippen LogP contribution in [-0.4, -0.2) is 41.8 Å². The minimum Gasteiger partial charge on any atom is -0.358 e. The van der Waals surface area contributed by atoms with Crippen LogP contribution in [0.4, 0.5) is 0 Å². The van der Waals surface area contributed by atoms with Crippen LogP contribution in [-0.2, 0) is 4.79 Å². The molecule has 1 heterocycles. The van der Waals surface area contributed by atoms with Gasteiger partial charge in [0.05, 0.1) is 11.6 Å². The van der Waals surface area contributed by atoms with Crippen LogP contribution in [0, 0.1) is 0 Å². The predicted octanol–water partition coefficient (Wildman–Crippen LogP) is 1.99. The molecule has 0 atom stereocenters. The molecule has 104 valence electrons. The number of pyridine rings is 1. The lowest BCUT2D eigenvalue weighted by Gasteiger charge is -2.21. The van der Waals surface area contributed by atoms with E-state index in [0.29, 0.717) is 6.54 Å². The van der Waals surface area contributed by atoms with E-state index in [1.165, 1.54) is 24.1 Å². The minimum atomic E-state index is -0.405. The van der Waals surface area contributed by atoms with Crippen molar-refractivity contribution >= 4 is 35.0 Å². The van der Waals surface area contributed by atoms with Crippen LogP contribution in [0.15, 0.2) is 12.1 Å². The van der Waals surface area contributed by atoms with Crippen LogP contribution in [0.1, 0.15) is 23.8 Å². The quantitative estimate of drug-likeness (QED) is 0.846. The average molecular weight is 304 g/mol. The first kappa shape index (κ1) is 15.7. The van der Waals surface area contributed by atoms with E-state index in [4.69, 9.17) is 23.2 Å². The number of halogens is 2. The molecule has 5 nitrogen and oxygen atoms in total. The molecule has 7 heteroatoms. The molecule has 1 aromatic rings. The van der Waals surface area contributed by atoms with Crippen molar-refractivity contribution in [2.75, 3.05) is 20.1 Å². The maximum Gasteiger partial charge on any atom is 0.274 e. The monoisotopic (exact) mass is 303 g/mol. The van der Waals surface area contributed by atoms with Crippen LogP contribution in [0.2, 0.25) is 10.2 Å². The summed E-state index contributed by atoms with van der Waals surface area (Å²) in [7, 11) is 1.52. The van der Waals surface area contributed by atoms with Crippen molar-refractivity contribution in [2.24, 2.45) is 0 Å². The molecule has 0 aliphatic rings. The summed E-state index contributed by atoms with van der Waals surface area (Å²) in [5.41, 5.74) is 0.0616. The number of aromatic nitrogens is 1. The zero-order valence-electron chi connectivity index (χ0n) is 10.7. The lowest BCUT2D eigenvalue weighted by Crippen LogP contribution is -2.40. The van der Waals surface area contributed by atoms with Gasteiger partial charge in [-0.25, -0.2) is 4.98 Å². The second-order valence-corrected chi connectivity index (χ2v) is 4.66. The van der Waals surface area contributed by atoms with Crippen molar-refractivity contribution in [3.8, 4) is 0 Å². The van der Waals surface area contributed by atoms with Gasteiger partial charge in [-0.15, -0.1) is 0 Å². The summed E-state index contributed by atoms with van der Waals surface area (Å²) in [4.78, 5) is 29.0. The first-order valence-electron chi connectivity index (χ1n) is 5.81. The Bertz CT molecular complexity index is 480. The topological polar surface area (TPSA) is 62.3 Å². The van der Waals surface area contributed by atoms with E-state index in [9.17, 15) is 9.59 Å². The number of nitrogens with zero attached hydrogens (tertiary/aromatic N) is 2. The minimum absolute atomic E-state index is 0.0340. The molecule has 0 aliphatic carbocycles. The molecular weight excluding hydrogens is 289 g/mol.